The second-order valence-electron chi connectivity index (χ2n) is 3.74. The number of thiocarbonyl (C=S) groups is 1. The normalized spacial score (nSPS) is 10.0. The summed E-state index contributed by atoms with van der Waals surface area (Å²) in [5.41, 5.74) is 3.51. The minimum atomic E-state index is 0.592. The second-order valence-corrected chi connectivity index (χ2v) is 4.13. The minimum Gasteiger partial charge on any atom is -0.361 e. The maximum absolute atomic E-state index is 5.48. The lowest BCUT2D eigenvalue weighted by Gasteiger charge is -2.24. The maximum atomic E-state index is 5.48. The molecule has 0 amide bonds. The molecule has 0 aromatic heterocycles. The van der Waals surface area contributed by atoms with Crippen LogP contribution < -0.4 is 21.7 Å². The van der Waals surface area contributed by atoms with Crippen LogP contribution in [0, 0.1) is 0 Å². The molecule has 0 aliphatic rings. The molecule has 0 saturated carbocycles. The molecule has 5 heteroatoms. The monoisotopic (exact) mass is 252 g/mol. The number of nitrogens with two attached hydrogens (primary N) is 1. The average Bonchev–Trinajstić information content (AvgIpc) is 2.37. The minimum absolute atomic E-state index is 0.592. The number of para-hydroxylation sites is 1. The molecule has 1 aromatic carbocycles. The Balaban J connectivity index is 2.48. The zero-order valence-electron chi connectivity index (χ0n) is 10.1. The van der Waals surface area contributed by atoms with Crippen molar-refractivity contribution in [3.05, 3.63) is 30.3 Å². The van der Waals surface area contributed by atoms with Crippen molar-refractivity contribution >= 4 is 23.0 Å². The topological polar surface area (TPSA) is 53.3 Å². The summed E-state index contributed by atoms with van der Waals surface area (Å²) >= 11 is 5.28. The highest BCUT2D eigenvalue weighted by Gasteiger charge is 2.08. The molecule has 0 radical (unpaired) electrons. The van der Waals surface area contributed by atoms with Crippen molar-refractivity contribution in [1.82, 2.24) is 10.9 Å². The van der Waals surface area contributed by atoms with Gasteiger partial charge in [0.05, 0.1) is 5.69 Å². The first-order valence-electron chi connectivity index (χ1n) is 5.88. The lowest BCUT2D eigenvalue weighted by molar-refractivity contribution is 0.683. The van der Waals surface area contributed by atoms with Crippen molar-refractivity contribution in [2.45, 2.75) is 26.2 Å². The predicted molar refractivity (Wildman–Crippen MR) is 76.4 cm³/mol. The van der Waals surface area contributed by atoms with E-state index in [1.807, 2.05) is 30.3 Å². The summed E-state index contributed by atoms with van der Waals surface area (Å²) in [4.78, 5) is 0. The van der Waals surface area contributed by atoms with Gasteiger partial charge in [-0.1, -0.05) is 38.0 Å². The van der Waals surface area contributed by atoms with Crippen LogP contribution in [0.3, 0.4) is 0 Å². The number of hydrazine groups is 2. The zero-order valence-corrected chi connectivity index (χ0v) is 11.0. The number of anilines is 1. The van der Waals surface area contributed by atoms with Gasteiger partial charge in [-0.15, -0.1) is 0 Å². The van der Waals surface area contributed by atoms with Crippen molar-refractivity contribution in [2.24, 2.45) is 5.84 Å². The number of nitrogens with one attached hydrogen (secondary N) is 2. The Labute approximate surface area is 108 Å². The summed E-state index contributed by atoms with van der Waals surface area (Å²) in [6.45, 7) is 3.05. The summed E-state index contributed by atoms with van der Waals surface area (Å²) in [6.07, 6.45) is 3.52. The van der Waals surface area contributed by atoms with E-state index < -0.39 is 0 Å². The highest BCUT2D eigenvalue weighted by Crippen LogP contribution is 2.10. The third-order valence-corrected chi connectivity index (χ3v) is 2.73. The fourth-order valence-corrected chi connectivity index (χ4v) is 1.74. The number of rotatable bonds is 6. The molecule has 0 fully saturated rings. The molecule has 0 heterocycles. The SMILES string of the molecule is CCCCCNC(=S)N(NN)c1ccccc1. The Kier molecular flexibility index (Phi) is 6.54. The van der Waals surface area contributed by atoms with Crippen LogP contribution in [-0.2, 0) is 0 Å². The van der Waals surface area contributed by atoms with Crippen LogP contribution in [0.2, 0.25) is 0 Å². The molecule has 0 bridgehead atoms. The standard InChI is InChI=1S/C12H20N4S/c1-2-3-7-10-14-12(17)16(15-13)11-8-5-4-6-9-11/h4-6,8-9,15H,2-3,7,10,13H2,1H3,(H,14,17). The van der Waals surface area contributed by atoms with Crippen LogP contribution in [0.1, 0.15) is 26.2 Å². The van der Waals surface area contributed by atoms with Gasteiger partial charge in [-0.3, -0.25) is 5.84 Å². The van der Waals surface area contributed by atoms with E-state index in [1.54, 1.807) is 5.01 Å². The molecule has 0 aliphatic carbocycles. The first-order valence-corrected chi connectivity index (χ1v) is 6.29. The fraction of sp³-hybridized carbons (Fsp3) is 0.417. The first-order chi connectivity index (χ1) is 8.29. The summed E-state index contributed by atoms with van der Waals surface area (Å²) in [6, 6.07) is 9.73. The van der Waals surface area contributed by atoms with E-state index in [4.69, 9.17) is 18.1 Å². The predicted octanol–water partition coefficient (Wildman–Crippen LogP) is 1.94. The molecule has 1 aromatic rings. The molecule has 94 valence electrons. The van der Waals surface area contributed by atoms with E-state index in [9.17, 15) is 0 Å². The van der Waals surface area contributed by atoms with Crippen LogP contribution in [-0.4, -0.2) is 11.7 Å². The number of unbranched alkanes of at least 4 members (excludes halogenated alkanes) is 2. The molecule has 0 saturated heterocycles. The molecule has 17 heavy (non-hydrogen) atoms. The van der Waals surface area contributed by atoms with Gasteiger partial charge in [0, 0.05) is 6.54 Å². The van der Waals surface area contributed by atoms with Crippen LogP contribution in [0.5, 0.6) is 0 Å². The average molecular weight is 252 g/mol. The van der Waals surface area contributed by atoms with E-state index in [2.05, 4.69) is 17.8 Å². The maximum Gasteiger partial charge on any atom is 0.189 e. The lowest BCUT2D eigenvalue weighted by atomic mass is 10.2. The number of hydrogen-bond donors (Lipinski definition) is 3. The van der Waals surface area contributed by atoms with Gasteiger partial charge >= 0.3 is 0 Å². The molecule has 1 rings (SSSR count). The molecule has 4 N–H and O–H groups in total. The summed E-state index contributed by atoms with van der Waals surface area (Å²) < 4.78 is 0. The van der Waals surface area contributed by atoms with Crippen LogP contribution in [0.4, 0.5) is 5.69 Å². The van der Waals surface area contributed by atoms with Gasteiger partial charge in [-0.05, 0) is 30.8 Å². The lowest BCUT2D eigenvalue weighted by Crippen LogP contribution is -2.51. The van der Waals surface area contributed by atoms with Gasteiger partial charge < -0.3 is 5.32 Å². The molecular weight excluding hydrogens is 232 g/mol. The molecule has 0 unspecified atom stereocenters. The smallest absolute Gasteiger partial charge is 0.189 e. The Morgan fingerprint density at radius 2 is 2.00 bits per heavy atom. The van der Waals surface area contributed by atoms with Crippen molar-refractivity contribution in [1.29, 1.82) is 0 Å². The summed E-state index contributed by atoms with van der Waals surface area (Å²) in [5.74, 6) is 5.48. The molecule has 4 nitrogen and oxygen atoms in total. The van der Waals surface area contributed by atoms with Crippen LogP contribution in [0.25, 0.3) is 0 Å². The van der Waals surface area contributed by atoms with Crippen molar-refractivity contribution in [3.63, 3.8) is 0 Å². The second kappa shape index (κ2) is 8.00. The zero-order chi connectivity index (χ0) is 12.5. The largest absolute Gasteiger partial charge is 0.361 e. The van der Waals surface area contributed by atoms with E-state index in [0.717, 1.165) is 18.7 Å². The van der Waals surface area contributed by atoms with E-state index in [1.165, 1.54) is 12.8 Å². The molecule has 0 atom stereocenters. The third kappa shape index (κ3) is 4.68. The highest BCUT2D eigenvalue weighted by molar-refractivity contribution is 7.80. The van der Waals surface area contributed by atoms with Crippen LogP contribution in [0.15, 0.2) is 30.3 Å². The van der Waals surface area contributed by atoms with E-state index >= 15 is 0 Å². The van der Waals surface area contributed by atoms with Crippen molar-refractivity contribution in [3.8, 4) is 0 Å². The molecule has 0 aliphatic heterocycles. The quantitative estimate of drug-likeness (QED) is 0.313. The van der Waals surface area contributed by atoms with Crippen molar-refractivity contribution < 1.29 is 0 Å². The Morgan fingerprint density at radius 3 is 2.59 bits per heavy atom. The van der Waals surface area contributed by atoms with Crippen LogP contribution >= 0.6 is 12.2 Å². The fourth-order valence-electron chi connectivity index (χ4n) is 1.48. The van der Waals surface area contributed by atoms with Gasteiger partial charge in [-0.25, -0.2) is 5.01 Å². The number of nitrogens with zero attached hydrogens (tertiary/aromatic N) is 1. The van der Waals surface area contributed by atoms with Gasteiger partial charge in [0.1, 0.15) is 0 Å². The Morgan fingerprint density at radius 1 is 1.29 bits per heavy atom. The van der Waals surface area contributed by atoms with Crippen molar-refractivity contribution in [2.75, 3.05) is 11.6 Å². The third-order valence-electron chi connectivity index (χ3n) is 2.40. The molecular formula is C12H20N4S. The van der Waals surface area contributed by atoms with Gasteiger partial charge in [-0.2, -0.15) is 5.53 Å². The number of hydrogen-bond acceptors (Lipinski definition) is 3. The van der Waals surface area contributed by atoms with Gasteiger partial charge in [0.25, 0.3) is 0 Å². The van der Waals surface area contributed by atoms with Gasteiger partial charge in [0.2, 0.25) is 0 Å². The van der Waals surface area contributed by atoms with E-state index in [-0.39, 0.29) is 0 Å². The Bertz CT molecular complexity index is 329. The summed E-state index contributed by atoms with van der Waals surface area (Å²) in [7, 11) is 0. The first kappa shape index (κ1) is 13.9. The molecule has 0 spiro atoms. The highest BCUT2D eigenvalue weighted by atomic mass is 32.1. The number of benzene rings is 1. The van der Waals surface area contributed by atoms with Gasteiger partial charge in [0.15, 0.2) is 5.11 Å². The van der Waals surface area contributed by atoms with E-state index in [0.29, 0.717) is 5.11 Å². The summed E-state index contributed by atoms with van der Waals surface area (Å²) in [5, 5.41) is 5.43. The Hall–Kier alpha value is -1.17.